The number of halogens is 3. The molecule has 28 heavy (non-hydrogen) atoms. The third-order valence-corrected chi connectivity index (χ3v) is 4.82. The van der Waals surface area contributed by atoms with Gasteiger partial charge in [-0.05, 0) is 43.5 Å². The van der Waals surface area contributed by atoms with Gasteiger partial charge in [0.2, 0.25) is 0 Å². The van der Waals surface area contributed by atoms with Crippen molar-refractivity contribution in [3.8, 4) is 11.4 Å². The fourth-order valence-electron chi connectivity index (χ4n) is 3.54. The first-order chi connectivity index (χ1) is 13.4. The first-order valence-electron chi connectivity index (χ1n) is 8.82. The molecule has 3 aromatic rings. The van der Waals surface area contributed by atoms with E-state index in [1.54, 1.807) is 12.1 Å². The monoisotopic (exact) mass is 390 g/mol. The van der Waals surface area contributed by atoms with Crippen LogP contribution in [0.4, 0.5) is 13.2 Å². The van der Waals surface area contributed by atoms with Gasteiger partial charge in [-0.15, -0.1) is 13.2 Å². The molecule has 0 unspecified atom stereocenters. The molecule has 1 aliphatic rings. The fraction of sp³-hybridized carbons (Fsp3) is 0.300. The van der Waals surface area contributed by atoms with Crippen LogP contribution in [0.15, 0.2) is 36.4 Å². The number of imidazole rings is 1. The maximum Gasteiger partial charge on any atom is 0.573 e. The molecule has 1 aliphatic heterocycles. The Morgan fingerprint density at radius 1 is 1.29 bits per heavy atom. The van der Waals surface area contributed by atoms with Crippen molar-refractivity contribution in [3.63, 3.8) is 0 Å². The zero-order chi connectivity index (χ0) is 19.9. The molecule has 146 valence electrons. The summed E-state index contributed by atoms with van der Waals surface area (Å²) in [7, 11) is 0. The van der Waals surface area contributed by atoms with Crippen molar-refractivity contribution in [2.24, 2.45) is 0 Å². The molecule has 0 bridgehead atoms. The lowest BCUT2D eigenvalue weighted by Crippen LogP contribution is -2.17. The molecule has 2 aromatic carbocycles. The minimum absolute atomic E-state index is 0.265. The molecule has 1 saturated heterocycles. The van der Waals surface area contributed by atoms with E-state index < -0.39 is 6.36 Å². The summed E-state index contributed by atoms with van der Waals surface area (Å²) < 4.78 is 49.4. The van der Waals surface area contributed by atoms with E-state index in [0.29, 0.717) is 29.0 Å². The molecule has 0 spiro atoms. The molecule has 0 N–H and O–H groups in total. The maximum atomic E-state index is 12.6. The normalized spacial score (nSPS) is 17.2. The lowest BCUT2D eigenvalue weighted by Gasteiger charge is -2.16. The number of rotatable bonds is 4. The van der Waals surface area contributed by atoms with Crippen LogP contribution in [-0.2, 0) is 4.74 Å². The predicted octanol–water partition coefficient (Wildman–Crippen LogP) is 4.90. The second-order valence-electron chi connectivity index (χ2n) is 6.61. The van der Waals surface area contributed by atoms with Gasteiger partial charge in [0.25, 0.3) is 0 Å². The highest BCUT2D eigenvalue weighted by molar-refractivity contribution is 5.83. The van der Waals surface area contributed by atoms with Crippen molar-refractivity contribution >= 4 is 17.3 Å². The van der Waals surface area contributed by atoms with Gasteiger partial charge in [-0.2, -0.15) is 0 Å². The number of alkyl halides is 3. The highest BCUT2D eigenvalue weighted by Gasteiger charge is 2.32. The zero-order valence-corrected chi connectivity index (χ0v) is 15.0. The smallest absolute Gasteiger partial charge is 0.406 e. The molecule has 1 aromatic heterocycles. The van der Waals surface area contributed by atoms with Crippen molar-refractivity contribution in [1.82, 2.24) is 9.55 Å². The molecule has 1 fully saturated rings. The topological polar surface area (TPSA) is 53.4 Å². The van der Waals surface area contributed by atoms with E-state index in [-0.39, 0.29) is 11.9 Å². The van der Waals surface area contributed by atoms with Crippen LogP contribution in [0.2, 0.25) is 0 Å². The number of hydrogen-bond acceptors (Lipinski definition) is 4. The van der Waals surface area contributed by atoms with Crippen molar-refractivity contribution in [3.05, 3.63) is 53.3 Å². The average molecular weight is 390 g/mol. The van der Waals surface area contributed by atoms with E-state index in [4.69, 9.17) is 4.74 Å². The van der Waals surface area contributed by atoms with Gasteiger partial charge in [0.05, 0.1) is 16.7 Å². The first kappa shape index (κ1) is 18.5. The van der Waals surface area contributed by atoms with E-state index in [1.807, 2.05) is 17.6 Å². The van der Waals surface area contributed by atoms with E-state index in [2.05, 4.69) is 9.72 Å². The summed E-state index contributed by atoms with van der Waals surface area (Å²) in [5.41, 5.74) is 3.01. The lowest BCUT2D eigenvalue weighted by atomic mass is 10.1. The van der Waals surface area contributed by atoms with Crippen LogP contribution in [0, 0.1) is 6.92 Å². The summed E-state index contributed by atoms with van der Waals surface area (Å²) in [6.07, 6.45) is -2.62. The van der Waals surface area contributed by atoms with Crippen LogP contribution in [0.25, 0.3) is 16.7 Å². The Bertz CT molecular complexity index is 1040. The Balaban J connectivity index is 1.92. The number of benzene rings is 2. The van der Waals surface area contributed by atoms with Crippen molar-refractivity contribution in [1.29, 1.82) is 0 Å². The Kier molecular flexibility index (Phi) is 4.58. The van der Waals surface area contributed by atoms with Crippen LogP contribution in [0.3, 0.4) is 0 Å². The molecule has 0 amide bonds. The van der Waals surface area contributed by atoms with Crippen LogP contribution < -0.4 is 4.74 Å². The number of ether oxygens (including phenoxy) is 2. The molecular weight excluding hydrogens is 373 g/mol. The van der Waals surface area contributed by atoms with Crippen molar-refractivity contribution in [2.75, 3.05) is 6.61 Å². The number of aromatic nitrogens is 2. The maximum absolute atomic E-state index is 12.6. The van der Waals surface area contributed by atoms with Crippen molar-refractivity contribution in [2.45, 2.75) is 32.2 Å². The minimum Gasteiger partial charge on any atom is -0.406 e. The number of fused-ring (bicyclic) bond motifs is 1. The second kappa shape index (κ2) is 6.94. The van der Waals surface area contributed by atoms with Gasteiger partial charge in [-0.3, -0.25) is 9.36 Å². The fourth-order valence-corrected chi connectivity index (χ4v) is 3.54. The highest BCUT2D eigenvalue weighted by Crippen LogP contribution is 2.35. The summed E-state index contributed by atoms with van der Waals surface area (Å²) >= 11 is 0. The van der Waals surface area contributed by atoms with Crippen LogP contribution >= 0.6 is 0 Å². The number of hydrogen-bond donors (Lipinski definition) is 0. The molecular formula is C20H17F3N2O3. The predicted molar refractivity (Wildman–Crippen MR) is 95.8 cm³/mol. The van der Waals surface area contributed by atoms with E-state index in [9.17, 15) is 18.0 Å². The summed E-state index contributed by atoms with van der Waals surface area (Å²) in [4.78, 5) is 15.9. The van der Waals surface area contributed by atoms with E-state index >= 15 is 0 Å². The Hall–Kier alpha value is -2.87. The molecule has 0 saturated carbocycles. The third-order valence-electron chi connectivity index (χ3n) is 4.82. The molecule has 1 atom stereocenters. The number of carbonyl (C=O) groups excluding carboxylic acids is 1. The van der Waals surface area contributed by atoms with Gasteiger partial charge in [-0.25, -0.2) is 4.98 Å². The minimum atomic E-state index is -4.78. The zero-order valence-electron chi connectivity index (χ0n) is 15.0. The average Bonchev–Trinajstić information content (AvgIpc) is 3.27. The van der Waals surface area contributed by atoms with Gasteiger partial charge >= 0.3 is 6.36 Å². The number of carbonyl (C=O) groups is 1. The highest BCUT2D eigenvalue weighted by atomic mass is 19.4. The van der Waals surface area contributed by atoms with E-state index in [0.717, 1.165) is 30.4 Å². The van der Waals surface area contributed by atoms with Crippen LogP contribution in [0.1, 0.15) is 40.7 Å². The molecule has 5 nitrogen and oxygen atoms in total. The Morgan fingerprint density at radius 2 is 2.11 bits per heavy atom. The Labute approximate surface area is 158 Å². The summed E-state index contributed by atoms with van der Waals surface area (Å²) in [5.74, 6) is 0.268. The van der Waals surface area contributed by atoms with Crippen LogP contribution in [0.5, 0.6) is 5.75 Å². The van der Waals surface area contributed by atoms with Gasteiger partial charge in [0, 0.05) is 18.2 Å². The molecule has 8 heteroatoms. The second-order valence-corrected chi connectivity index (χ2v) is 6.61. The molecule has 2 heterocycles. The Morgan fingerprint density at radius 3 is 2.79 bits per heavy atom. The van der Waals surface area contributed by atoms with Gasteiger partial charge in [0.1, 0.15) is 24.0 Å². The van der Waals surface area contributed by atoms with E-state index in [1.165, 1.54) is 18.2 Å². The number of aldehydes is 1. The standard InChI is InChI=1S/C20H17F3N2O3/c1-12-13(11-26)4-2-5-16(12)25-17-8-7-14(28-20(21,22)23)10-15(17)24-19(25)18-6-3-9-27-18/h2,4-5,7-8,10-11,18H,3,6,9H2,1H3/t18-/m1/s1. The number of nitrogens with zero attached hydrogens (tertiary/aromatic N) is 2. The van der Waals surface area contributed by atoms with Gasteiger partial charge in [0.15, 0.2) is 0 Å². The lowest BCUT2D eigenvalue weighted by molar-refractivity contribution is -0.274. The summed E-state index contributed by atoms with van der Waals surface area (Å²) in [6, 6.07) is 9.38. The molecule has 0 aliphatic carbocycles. The van der Waals surface area contributed by atoms with Gasteiger partial charge in [-0.1, -0.05) is 12.1 Å². The SMILES string of the molecule is Cc1c(C=O)cccc1-n1c([C@H]2CCCO2)nc2cc(OC(F)(F)F)ccc21. The van der Waals surface area contributed by atoms with Crippen LogP contribution in [-0.4, -0.2) is 28.8 Å². The molecule has 0 radical (unpaired) electrons. The van der Waals surface area contributed by atoms with Gasteiger partial charge < -0.3 is 9.47 Å². The first-order valence-corrected chi connectivity index (χ1v) is 8.82. The third kappa shape index (κ3) is 3.35. The molecule has 4 rings (SSSR count). The van der Waals surface area contributed by atoms with Crippen molar-refractivity contribution < 1.29 is 27.4 Å². The quantitative estimate of drug-likeness (QED) is 0.595. The summed E-state index contributed by atoms with van der Waals surface area (Å²) in [6.45, 7) is 2.43. The summed E-state index contributed by atoms with van der Waals surface area (Å²) in [5, 5.41) is 0. The largest absolute Gasteiger partial charge is 0.573 e.